The van der Waals surface area contributed by atoms with E-state index in [1.54, 1.807) is 4.68 Å². The van der Waals surface area contributed by atoms with Crippen LogP contribution in [0.3, 0.4) is 0 Å². The maximum absolute atomic E-state index is 12.8. The van der Waals surface area contributed by atoms with Gasteiger partial charge < -0.3 is 0 Å². The second kappa shape index (κ2) is 4.31. The third-order valence-electron chi connectivity index (χ3n) is 5.71. The molecule has 0 spiro atoms. The zero-order chi connectivity index (χ0) is 13.7. The number of rotatable bonds is 3. The highest BCUT2D eigenvalue weighted by Gasteiger charge is 2.53. The van der Waals surface area contributed by atoms with Crippen molar-refractivity contribution < 1.29 is 4.79 Å². The second-order valence-corrected chi connectivity index (χ2v) is 7.34. The minimum atomic E-state index is -0.00649. The van der Waals surface area contributed by atoms with E-state index in [1.807, 2.05) is 31.6 Å². The highest BCUT2D eigenvalue weighted by molar-refractivity contribution is 5.98. The minimum absolute atomic E-state index is 0.00649. The van der Waals surface area contributed by atoms with E-state index in [9.17, 15) is 4.79 Å². The molecule has 0 N–H and O–H groups in total. The van der Waals surface area contributed by atoms with Gasteiger partial charge in [-0.3, -0.25) is 9.48 Å². The van der Waals surface area contributed by atoms with E-state index in [-0.39, 0.29) is 5.41 Å². The number of nitrogens with zero attached hydrogens (tertiary/aromatic N) is 2. The monoisotopic (exact) mass is 270 g/mol. The van der Waals surface area contributed by atoms with E-state index in [1.165, 1.54) is 19.3 Å². The molecule has 0 aliphatic heterocycles. The number of aryl methyl sites for hydroxylation is 1. The highest BCUT2D eigenvalue weighted by Crippen LogP contribution is 2.60. The maximum Gasteiger partial charge on any atom is 0.161 e. The average molecular weight is 270 g/mol. The predicted molar refractivity (Wildman–Crippen MR) is 77.9 cm³/mol. The molecule has 0 atom stereocenters. The molecule has 4 aliphatic rings. The van der Waals surface area contributed by atoms with Crippen LogP contribution in [0.25, 0.3) is 6.08 Å². The van der Waals surface area contributed by atoms with Crippen LogP contribution in [-0.4, -0.2) is 15.6 Å². The topological polar surface area (TPSA) is 34.9 Å². The van der Waals surface area contributed by atoms with Crippen LogP contribution in [0.5, 0.6) is 0 Å². The molecule has 20 heavy (non-hydrogen) atoms. The van der Waals surface area contributed by atoms with Gasteiger partial charge in [0.2, 0.25) is 0 Å². The van der Waals surface area contributed by atoms with Crippen molar-refractivity contribution in [1.82, 2.24) is 9.78 Å². The SMILES string of the molecule is Cn1cc(/C=C/C(=O)C23CC4CC(CC(C4)C2)C3)cn1. The van der Waals surface area contributed by atoms with Gasteiger partial charge in [0.25, 0.3) is 0 Å². The Morgan fingerprint density at radius 3 is 2.35 bits per heavy atom. The highest BCUT2D eigenvalue weighted by atomic mass is 16.1. The van der Waals surface area contributed by atoms with Crippen molar-refractivity contribution in [3.63, 3.8) is 0 Å². The van der Waals surface area contributed by atoms with Gasteiger partial charge in [0.05, 0.1) is 6.20 Å². The third kappa shape index (κ3) is 1.95. The molecule has 0 amide bonds. The van der Waals surface area contributed by atoms with Crippen LogP contribution in [-0.2, 0) is 11.8 Å². The zero-order valence-electron chi connectivity index (χ0n) is 12.1. The molecule has 0 radical (unpaired) electrons. The summed E-state index contributed by atoms with van der Waals surface area (Å²) in [6.45, 7) is 0. The smallest absolute Gasteiger partial charge is 0.161 e. The minimum Gasteiger partial charge on any atom is -0.294 e. The van der Waals surface area contributed by atoms with Crippen LogP contribution in [0.1, 0.15) is 44.1 Å². The Balaban J connectivity index is 1.55. The van der Waals surface area contributed by atoms with Crippen molar-refractivity contribution >= 4 is 11.9 Å². The summed E-state index contributed by atoms with van der Waals surface area (Å²) in [6, 6.07) is 0. The van der Waals surface area contributed by atoms with Crippen LogP contribution in [0.4, 0.5) is 0 Å². The number of carbonyl (C=O) groups excluding carboxylic acids is 1. The molecule has 1 aromatic heterocycles. The van der Waals surface area contributed by atoms with Crippen LogP contribution < -0.4 is 0 Å². The lowest BCUT2D eigenvalue weighted by atomic mass is 9.48. The quantitative estimate of drug-likeness (QED) is 0.790. The van der Waals surface area contributed by atoms with Crippen molar-refractivity contribution in [2.45, 2.75) is 38.5 Å². The van der Waals surface area contributed by atoms with Crippen molar-refractivity contribution in [3.8, 4) is 0 Å². The molecule has 106 valence electrons. The predicted octanol–water partition coefficient (Wildman–Crippen LogP) is 3.22. The Kier molecular flexibility index (Phi) is 2.66. The van der Waals surface area contributed by atoms with Gasteiger partial charge in [0, 0.05) is 24.2 Å². The van der Waals surface area contributed by atoms with E-state index >= 15 is 0 Å². The van der Waals surface area contributed by atoms with Crippen LogP contribution in [0, 0.1) is 23.2 Å². The summed E-state index contributed by atoms with van der Waals surface area (Å²) in [5.41, 5.74) is 1.01. The second-order valence-electron chi connectivity index (χ2n) is 7.34. The summed E-state index contributed by atoms with van der Waals surface area (Å²) < 4.78 is 1.77. The summed E-state index contributed by atoms with van der Waals surface area (Å²) in [4.78, 5) is 12.8. The molecule has 0 saturated heterocycles. The first-order valence-corrected chi connectivity index (χ1v) is 7.84. The molecular weight excluding hydrogens is 248 g/mol. The first kappa shape index (κ1) is 12.4. The molecule has 5 rings (SSSR count). The van der Waals surface area contributed by atoms with Crippen molar-refractivity contribution in [2.24, 2.45) is 30.2 Å². The summed E-state index contributed by atoms with van der Waals surface area (Å²) in [7, 11) is 1.90. The van der Waals surface area contributed by atoms with Gasteiger partial charge in [-0.15, -0.1) is 0 Å². The van der Waals surface area contributed by atoms with Crippen LogP contribution in [0.2, 0.25) is 0 Å². The zero-order valence-corrected chi connectivity index (χ0v) is 12.1. The number of hydrogen-bond donors (Lipinski definition) is 0. The fourth-order valence-electron chi connectivity index (χ4n) is 5.29. The van der Waals surface area contributed by atoms with Crippen molar-refractivity contribution in [3.05, 3.63) is 24.0 Å². The van der Waals surface area contributed by atoms with Gasteiger partial charge in [0.15, 0.2) is 5.78 Å². The molecule has 4 bridgehead atoms. The van der Waals surface area contributed by atoms with Crippen molar-refractivity contribution in [2.75, 3.05) is 0 Å². The van der Waals surface area contributed by atoms with Gasteiger partial charge in [-0.1, -0.05) is 0 Å². The molecule has 4 saturated carbocycles. The van der Waals surface area contributed by atoms with E-state index in [0.717, 1.165) is 42.6 Å². The Hall–Kier alpha value is -1.38. The lowest BCUT2D eigenvalue weighted by molar-refractivity contribution is -0.138. The fourth-order valence-corrected chi connectivity index (χ4v) is 5.29. The van der Waals surface area contributed by atoms with E-state index in [0.29, 0.717) is 5.78 Å². The molecule has 0 aromatic carbocycles. The molecule has 3 nitrogen and oxygen atoms in total. The van der Waals surface area contributed by atoms with Crippen molar-refractivity contribution in [1.29, 1.82) is 0 Å². The van der Waals surface area contributed by atoms with Crippen LogP contribution >= 0.6 is 0 Å². The lowest BCUT2D eigenvalue weighted by Gasteiger charge is -2.55. The Morgan fingerprint density at radius 1 is 1.25 bits per heavy atom. The molecular formula is C17H22N2O. The Labute approximate surface area is 120 Å². The largest absolute Gasteiger partial charge is 0.294 e. The summed E-state index contributed by atoms with van der Waals surface area (Å²) in [6.07, 6.45) is 15.1. The van der Waals surface area contributed by atoms with E-state index in [2.05, 4.69) is 5.10 Å². The van der Waals surface area contributed by atoms with Gasteiger partial charge in [0.1, 0.15) is 0 Å². The molecule has 0 unspecified atom stereocenters. The Morgan fingerprint density at radius 2 is 1.85 bits per heavy atom. The number of hydrogen-bond acceptors (Lipinski definition) is 2. The maximum atomic E-state index is 12.8. The standard InChI is InChI=1S/C17H22N2O/c1-19-11-12(10-18-19)2-3-16(20)17-7-13-4-14(8-17)6-15(5-13)9-17/h2-3,10-11,13-15H,4-9H2,1H3/b3-2+. The van der Waals surface area contributed by atoms with E-state index < -0.39 is 0 Å². The lowest BCUT2D eigenvalue weighted by Crippen LogP contribution is -2.49. The van der Waals surface area contributed by atoms with Gasteiger partial charge in [-0.2, -0.15) is 5.10 Å². The summed E-state index contributed by atoms with van der Waals surface area (Å²) in [5.74, 6) is 2.87. The van der Waals surface area contributed by atoms with Crippen LogP contribution in [0.15, 0.2) is 18.5 Å². The van der Waals surface area contributed by atoms with E-state index in [4.69, 9.17) is 0 Å². The number of allylic oxidation sites excluding steroid dienone is 1. The van der Waals surface area contributed by atoms with Gasteiger partial charge in [-0.25, -0.2) is 0 Å². The summed E-state index contributed by atoms with van der Waals surface area (Å²) in [5, 5.41) is 4.14. The first-order valence-electron chi connectivity index (χ1n) is 7.84. The number of carbonyl (C=O) groups is 1. The first-order chi connectivity index (χ1) is 9.63. The molecule has 1 heterocycles. The third-order valence-corrected chi connectivity index (χ3v) is 5.71. The Bertz CT molecular complexity index is 534. The van der Waals surface area contributed by atoms with Gasteiger partial charge >= 0.3 is 0 Å². The fraction of sp³-hybridized carbons (Fsp3) is 0.647. The number of aromatic nitrogens is 2. The molecule has 4 fully saturated rings. The normalized spacial score (nSPS) is 38.8. The number of ketones is 1. The molecule has 3 heteroatoms. The average Bonchev–Trinajstić information content (AvgIpc) is 2.80. The molecule has 1 aromatic rings. The summed E-state index contributed by atoms with van der Waals surface area (Å²) >= 11 is 0. The van der Waals surface area contributed by atoms with Gasteiger partial charge in [-0.05, 0) is 68.4 Å². The molecule has 4 aliphatic carbocycles.